The maximum atomic E-state index is 13.1. The molecule has 2 N–H and O–H groups in total. The van der Waals surface area contributed by atoms with Crippen molar-refractivity contribution in [3.05, 3.63) is 29.6 Å². The number of rotatable bonds is 5. The predicted octanol–water partition coefficient (Wildman–Crippen LogP) is 1.43. The fourth-order valence-corrected chi connectivity index (χ4v) is 2.06. The first kappa shape index (κ1) is 13.3. The molecule has 1 fully saturated rings. The molecule has 1 heterocycles. The molecule has 1 aliphatic heterocycles. The van der Waals surface area contributed by atoms with Crippen LogP contribution in [0.2, 0.25) is 0 Å². The van der Waals surface area contributed by atoms with E-state index in [1.54, 1.807) is 13.2 Å². The summed E-state index contributed by atoms with van der Waals surface area (Å²) in [6, 6.07) is 4.38. The Hall–Kier alpha value is -1.17. The summed E-state index contributed by atoms with van der Waals surface area (Å²) in [7, 11) is 1.68. The minimum absolute atomic E-state index is 0.268. The zero-order valence-corrected chi connectivity index (χ0v) is 10.4. The van der Waals surface area contributed by atoms with E-state index >= 15 is 0 Å². The molecule has 1 aromatic carbocycles. The Bertz CT molecular complexity index is 405. The summed E-state index contributed by atoms with van der Waals surface area (Å²) in [5.74, 6) is -0.920. The van der Waals surface area contributed by atoms with Gasteiger partial charge in [-0.1, -0.05) is 6.07 Å². The molecule has 5 heteroatoms. The number of hydrogen-bond donors (Lipinski definition) is 2. The molecule has 2 rings (SSSR count). The Balaban J connectivity index is 1.86. The van der Waals surface area contributed by atoms with E-state index in [4.69, 9.17) is 14.6 Å². The van der Waals surface area contributed by atoms with Gasteiger partial charge in [-0.15, -0.1) is 0 Å². The highest BCUT2D eigenvalue weighted by molar-refractivity contribution is 5.27. The Morgan fingerprint density at radius 3 is 3.00 bits per heavy atom. The van der Waals surface area contributed by atoms with Crippen LogP contribution in [0.15, 0.2) is 18.2 Å². The summed E-state index contributed by atoms with van der Waals surface area (Å²) in [4.78, 5) is 0. The molecule has 100 valence electrons. The molecule has 0 aliphatic carbocycles. The van der Waals surface area contributed by atoms with Crippen molar-refractivity contribution in [2.24, 2.45) is 0 Å². The predicted molar refractivity (Wildman–Crippen MR) is 64.9 cm³/mol. The van der Waals surface area contributed by atoms with E-state index in [0.717, 1.165) is 12.0 Å². The summed E-state index contributed by atoms with van der Waals surface area (Å²) in [5.41, 5.74) is 0.519. The van der Waals surface area contributed by atoms with Gasteiger partial charge in [-0.25, -0.2) is 4.39 Å². The van der Waals surface area contributed by atoms with Gasteiger partial charge in [-0.2, -0.15) is 0 Å². The topological polar surface area (TPSA) is 50.7 Å². The van der Waals surface area contributed by atoms with Crippen molar-refractivity contribution in [2.45, 2.75) is 18.6 Å². The number of hydrogen-bond acceptors (Lipinski definition) is 4. The minimum atomic E-state index is -0.597. The second kappa shape index (κ2) is 5.65. The number of phenols is 1. The lowest BCUT2D eigenvalue weighted by Gasteiger charge is -2.26. The summed E-state index contributed by atoms with van der Waals surface area (Å²) in [6.45, 7) is 2.48. The quantitative estimate of drug-likeness (QED) is 0.835. The van der Waals surface area contributed by atoms with Gasteiger partial charge in [0.25, 0.3) is 0 Å². The molecule has 0 aromatic heterocycles. The number of methoxy groups -OCH3 is 1. The van der Waals surface area contributed by atoms with Crippen LogP contribution in [-0.4, -0.2) is 37.6 Å². The number of ether oxygens (including phenoxy) is 2. The summed E-state index contributed by atoms with van der Waals surface area (Å²) in [5, 5.41) is 12.3. The number of halogens is 1. The van der Waals surface area contributed by atoms with Crippen LogP contribution in [-0.2, 0) is 16.0 Å². The summed E-state index contributed by atoms with van der Waals surface area (Å²) >= 11 is 0. The number of benzene rings is 1. The Labute approximate surface area is 106 Å². The van der Waals surface area contributed by atoms with Gasteiger partial charge < -0.3 is 19.9 Å². The molecule has 1 aromatic rings. The van der Waals surface area contributed by atoms with Gasteiger partial charge in [0.1, 0.15) is 5.60 Å². The third-order valence-electron chi connectivity index (χ3n) is 3.29. The number of phenolic OH excluding ortho intramolecular Hbond substituents is 1. The average Bonchev–Trinajstić information content (AvgIpc) is 2.83. The van der Waals surface area contributed by atoms with Crippen molar-refractivity contribution in [2.75, 3.05) is 26.9 Å². The fraction of sp³-hybridized carbons (Fsp3) is 0.538. The van der Waals surface area contributed by atoms with Crippen molar-refractivity contribution >= 4 is 0 Å². The second-order valence-corrected chi connectivity index (χ2v) is 4.58. The standard InChI is InChI=1S/C13H18FNO3/c1-17-13(4-5-18-9-13)8-15-7-10-2-3-12(16)11(14)6-10/h2-3,6,15-16H,4-5,7-9H2,1H3. The molecule has 18 heavy (non-hydrogen) atoms. The van der Waals surface area contributed by atoms with Crippen LogP contribution in [0, 0.1) is 5.82 Å². The van der Waals surface area contributed by atoms with Crippen molar-refractivity contribution in [1.82, 2.24) is 5.32 Å². The Morgan fingerprint density at radius 1 is 1.56 bits per heavy atom. The van der Waals surface area contributed by atoms with Crippen molar-refractivity contribution in [1.29, 1.82) is 0 Å². The van der Waals surface area contributed by atoms with Gasteiger partial charge in [0.15, 0.2) is 11.6 Å². The lowest BCUT2D eigenvalue weighted by molar-refractivity contribution is -0.0159. The maximum absolute atomic E-state index is 13.1. The van der Waals surface area contributed by atoms with E-state index in [-0.39, 0.29) is 11.4 Å². The molecule has 0 spiro atoms. The molecule has 0 saturated carbocycles. The molecule has 1 saturated heterocycles. The van der Waals surface area contributed by atoms with Crippen LogP contribution in [0.3, 0.4) is 0 Å². The number of nitrogens with one attached hydrogen (secondary N) is 1. The lowest BCUT2D eigenvalue weighted by Crippen LogP contribution is -2.42. The van der Waals surface area contributed by atoms with Crippen LogP contribution in [0.5, 0.6) is 5.75 Å². The number of aromatic hydroxyl groups is 1. The van der Waals surface area contributed by atoms with Crippen LogP contribution in [0.1, 0.15) is 12.0 Å². The molecule has 1 aliphatic rings. The summed E-state index contributed by atoms with van der Waals surface area (Å²) < 4.78 is 23.9. The molecule has 0 radical (unpaired) electrons. The van der Waals surface area contributed by atoms with E-state index in [2.05, 4.69) is 5.32 Å². The van der Waals surface area contributed by atoms with E-state index in [1.165, 1.54) is 12.1 Å². The lowest BCUT2D eigenvalue weighted by atomic mass is 10.0. The molecule has 0 amide bonds. The van der Waals surface area contributed by atoms with Gasteiger partial charge in [0.2, 0.25) is 0 Å². The molecular formula is C13H18FNO3. The van der Waals surface area contributed by atoms with Crippen molar-refractivity contribution in [3.8, 4) is 5.75 Å². The van der Waals surface area contributed by atoms with E-state index in [0.29, 0.717) is 26.3 Å². The fourth-order valence-electron chi connectivity index (χ4n) is 2.06. The highest BCUT2D eigenvalue weighted by Crippen LogP contribution is 2.22. The van der Waals surface area contributed by atoms with E-state index in [1.807, 2.05) is 0 Å². The second-order valence-electron chi connectivity index (χ2n) is 4.58. The van der Waals surface area contributed by atoms with Crippen LogP contribution >= 0.6 is 0 Å². The third kappa shape index (κ3) is 2.98. The SMILES string of the molecule is COC1(CNCc2ccc(O)c(F)c2)CCOC1. The van der Waals surface area contributed by atoms with Gasteiger partial charge in [-0.05, 0) is 17.7 Å². The first-order chi connectivity index (χ1) is 8.65. The first-order valence-electron chi connectivity index (χ1n) is 5.96. The minimum Gasteiger partial charge on any atom is -0.505 e. The van der Waals surface area contributed by atoms with E-state index in [9.17, 15) is 4.39 Å². The average molecular weight is 255 g/mol. The monoisotopic (exact) mass is 255 g/mol. The van der Waals surface area contributed by atoms with Crippen LogP contribution in [0.25, 0.3) is 0 Å². The van der Waals surface area contributed by atoms with Gasteiger partial charge in [0.05, 0.1) is 6.61 Å². The smallest absolute Gasteiger partial charge is 0.165 e. The zero-order valence-electron chi connectivity index (χ0n) is 10.4. The van der Waals surface area contributed by atoms with Crippen molar-refractivity contribution < 1.29 is 19.0 Å². The molecule has 1 unspecified atom stereocenters. The van der Waals surface area contributed by atoms with Gasteiger partial charge in [0, 0.05) is 33.2 Å². The molecule has 0 bridgehead atoms. The maximum Gasteiger partial charge on any atom is 0.165 e. The van der Waals surface area contributed by atoms with Crippen LogP contribution in [0.4, 0.5) is 4.39 Å². The van der Waals surface area contributed by atoms with E-state index < -0.39 is 5.82 Å². The largest absolute Gasteiger partial charge is 0.505 e. The Kier molecular flexibility index (Phi) is 4.16. The van der Waals surface area contributed by atoms with Crippen molar-refractivity contribution in [3.63, 3.8) is 0 Å². The highest BCUT2D eigenvalue weighted by Gasteiger charge is 2.34. The highest BCUT2D eigenvalue weighted by atomic mass is 19.1. The first-order valence-corrected chi connectivity index (χ1v) is 5.96. The van der Waals surface area contributed by atoms with Gasteiger partial charge >= 0.3 is 0 Å². The molecule has 4 nitrogen and oxygen atoms in total. The van der Waals surface area contributed by atoms with Gasteiger partial charge in [-0.3, -0.25) is 0 Å². The molecule has 1 atom stereocenters. The normalized spacial score (nSPS) is 23.4. The Morgan fingerprint density at radius 2 is 2.39 bits per heavy atom. The van der Waals surface area contributed by atoms with Crippen LogP contribution < -0.4 is 5.32 Å². The summed E-state index contributed by atoms with van der Waals surface area (Å²) in [6.07, 6.45) is 0.862. The molecular weight excluding hydrogens is 237 g/mol. The zero-order chi connectivity index (χ0) is 13.0. The third-order valence-corrected chi connectivity index (χ3v) is 3.29.